The molecule has 0 aromatic heterocycles. The van der Waals surface area contributed by atoms with Gasteiger partial charge in [0.15, 0.2) is 0 Å². The Labute approximate surface area is 190 Å². The van der Waals surface area contributed by atoms with Gasteiger partial charge in [-0.25, -0.2) is 24.3 Å². The molecule has 0 heterocycles. The van der Waals surface area contributed by atoms with E-state index in [-0.39, 0.29) is 21.7 Å². The summed E-state index contributed by atoms with van der Waals surface area (Å²) in [5.74, 6) is 0. The van der Waals surface area contributed by atoms with Crippen LogP contribution in [0.25, 0.3) is 5.57 Å². The summed E-state index contributed by atoms with van der Waals surface area (Å²) in [6.07, 6.45) is 3.30. The predicted molar refractivity (Wildman–Crippen MR) is 119 cm³/mol. The maximum absolute atomic E-state index is 10.3. The first-order valence-electron chi connectivity index (χ1n) is 9.38. The van der Waals surface area contributed by atoms with Gasteiger partial charge >= 0.3 is 0 Å². The van der Waals surface area contributed by atoms with Gasteiger partial charge in [0.1, 0.15) is 0 Å². The molecular formula is C27H27OTi-3. The summed E-state index contributed by atoms with van der Waals surface area (Å²) in [5.41, 5.74) is 1.85. The molecule has 0 spiro atoms. The molecule has 0 amide bonds. The molecule has 0 saturated heterocycles. The van der Waals surface area contributed by atoms with Crippen LogP contribution in [0.5, 0.6) is 0 Å². The van der Waals surface area contributed by atoms with E-state index < -0.39 is 5.60 Å². The second kappa shape index (κ2) is 13.7. The molecule has 0 aliphatic rings. The molecule has 4 aromatic carbocycles. The molecule has 0 radical (unpaired) electrons. The van der Waals surface area contributed by atoms with Crippen molar-refractivity contribution in [1.82, 2.24) is 0 Å². The zero-order valence-corrected chi connectivity index (χ0v) is 18.6. The monoisotopic (exact) mass is 415 g/mol. The third-order valence-corrected chi connectivity index (χ3v) is 3.83. The Bertz CT molecular complexity index is 808. The van der Waals surface area contributed by atoms with E-state index in [2.05, 4.69) is 6.08 Å². The van der Waals surface area contributed by atoms with Crippen LogP contribution in [-0.2, 0) is 21.7 Å². The smallest absolute Gasteiger partial charge is 0.0678 e. The Kier molecular flexibility index (Phi) is 11.6. The van der Waals surface area contributed by atoms with Gasteiger partial charge in [-0.15, -0.1) is 35.9 Å². The Hall–Kier alpha value is -2.45. The average molecular weight is 415 g/mol. The zero-order valence-electron chi connectivity index (χ0n) is 17.0. The average Bonchev–Trinajstić information content (AvgIpc) is 3.46. The van der Waals surface area contributed by atoms with Crippen LogP contribution in [0, 0.1) is 6.08 Å². The molecule has 1 nitrogen and oxygen atoms in total. The summed E-state index contributed by atoms with van der Waals surface area (Å²) in [6, 6.07) is 39.7. The van der Waals surface area contributed by atoms with Gasteiger partial charge in [0, 0.05) is 21.7 Å². The van der Waals surface area contributed by atoms with Gasteiger partial charge in [0.05, 0.1) is 5.60 Å². The maximum atomic E-state index is 10.3. The molecule has 2 heteroatoms. The van der Waals surface area contributed by atoms with Crippen molar-refractivity contribution < 1.29 is 26.8 Å². The summed E-state index contributed by atoms with van der Waals surface area (Å²) >= 11 is 0. The summed E-state index contributed by atoms with van der Waals surface area (Å²) in [5, 5.41) is 10.3. The predicted octanol–water partition coefficient (Wildman–Crippen LogP) is 6.50. The normalized spacial score (nSPS) is 10.5. The minimum absolute atomic E-state index is 0. The van der Waals surface area contributed by atoms with E-state index in [0.29, 0.717) is 0 Å². The molecule has 0 atom stereocenters. The number of hydrogen-bond donors (Lipinski definition) is 1. The first-order valence-corrected chi connectivity index (χ1v) is 9.38. The molecule has 4 rings (SSSR count). The molecule has 148 valence electrons. The molecular weight excluding hydrogens is 388 g/mol. The third kappa shape index (κ3) is 10.1. The SMILES string of the molecule is CC(C)(O)C(=[C-]c1ccccc1)c1ccccc1.[Ti].c1cc[cH-]c1.c1cc[cH-]c1. The number of benzene rings is 2. The fraction of sp³-hybridized carbons (Fsp3) is 0.111. The van der Waals surface area contributed by atoms with E-state index in [4.69, 9.17) is 0 Å². The van der Waals surface area contributed by atoms with Crippen LogP contribution in [0.1, 0.15) is 25.0 Å². The number of hydrogen-bond acceptors (Lipinski definition) is 1. The van der Waals surface area contributed by atoms with E-state index in [1.54, 1.807) is 13.8 Å². The minimum atomic E-state index is -0.919. The van der Waals surface area contributed by atoms with Crippen LogP contribution in [0.2, 0.25) is 0 Å². The Morgan fingerprint density at radius 2 is 1.10 bits per heavy atom. The summed E-state index contributed by atoms with van der Waals surface area (Å²) in [6.45, 7) is 3.57. The van der Waals surface area contributed by atoms with E-state index in [9.17, 15) is 5.11 Å². The van der Waals surface area contributed by atoms with Crippen molar-refractivity contribution in [2.24, 2.45) is 0 Å². The van der Waals surface area contributed by atoms with Gasteiger partial charge < -0.3 is 5.11 Å². The van der Waals surface area contributed by atoms with E-state index in [0.717, 1.165) is 16.7 Å². The van der Waals surface area contributed by atoms with Crippen LogP contribution >= 0.6 is 0 Å². The minimum Gasteiger partial charge on any atom is -0.387 e. The van der Waals surface area contributed by atoms with Gasteiger partial charge in [-0.1, -0.05) is 47.5 Å². The van der Waals surface area contributed by atoms with Gasteiger partial charge in [0.2, 0.25) is 0 Å². The topological polar surface area (TPSA) is 20.2 Å². The van der Waals surface area contributed by atoms with Gasteiger partial charge in [-0.2, -0.15) is 36.4 Å². The molecule has 0 unspecified atom stereocenters. The molecule has 0 fully saturated rings. The summed E-state index contributed by atoms with van der Waals surface area (Å²) in [7, 11) is 0. The molecule has 29 heavy (non-hydrogen) atoms. The molecule has 1 N–H and O–H groups in total. The second-order valence-corrected chi connectivity index (χ2v) is 6.72. The maximum Gasteiger partial charge on any atom is 0.0678 e. The Morgan fingerprint density at radius 3 is 1.45 bits per heavy atom. The zero-order chi connectivity index (χ0) is 20.1. The summed E-state index contributed by atoms with van der Waals surface area (Å²) in [4.78, 5) is 0. The van der Waals surface area contributed by atoms with Crippen LogP contribution < -0.4 is 0 Å². The molecule has 0 bridgehead atoms. The van der Waals surface area contributed by atoms with Crippen LogP contribution in [-0.4, -0.2) is 10.7 Å². The fourth-order valence-electron chi connectivity index (χ4n) is 2.49. The van der Waals surface area contributed by atoms with E-state index in [1.165, 1.54) is 0 Å². The van der Waals surface area contributed by atoms with E-state index >= 15 is 0 Å². The van der Waals surface area contributed by atoms with Gasteiger partial charge in [0.25, 0.3) is 0 Å². The molecule has 0 aliphatic heterocycles. The third-order valence-electron chi connectivity index (χ3n) is 3.83. The standard InChI is InChI=1S/C17H17O.2C5H5.Ti/c1-17(2,18)16(15-11-7-4-8-12-15)13-14-9-5-3-6-10-14;2*1-2-4-5-3-1;/h3-12,18H,1-2H3;2*1-5H;/q3*-1;. The van der Waals surface area contributed by atoms with Crippen molar-refractivity contribution in [3.8, 4) is 0 Å². The van der Waals surface area contributed by atoms with E-state index in [1.807, 2.05) is 121 Å². The largest absolute Gasteiger partial charge is 0.387 e. The van der Waals surface area contributed by atoms with Crippen molar-refractivity contribution in [3.05, 3.63) is 139 Å². The first-order chi connectivity index (χ1) is 13.6. The van der Waals surface area contributed by atoms with Crippen molar-refractivity contribution >= 4 is 5.57 Å². The Morgan fingerprint density at radius 1 is 0.690 bits per heavy atom. The number of rotatable bonds is 3. The van der Waals surface area contributed by atoms with Crippen molar-refractivity contribution in [2.75, 3.05) is 0 Å². The van der Waals surface area contributed by atoms with Crippen LogP contribution in [0.3, 0.4) is 0 Å². The van der Waals surface area contributed by atoms with Gasteiger partial charge in [-0.05, 0) is 13.8 Å². The van der Waals surface area contributed by atoms with Gasteiger partial charge in [-0.3, -0.25) is 0 Å². The fourth-order valence-corrected chi connectivity index (χ4v) is 2.49. The second-order valence-electron chi connectivity index (χ2n) is 6.72. The Balaban J connectivity index is 0.000000311. The van der Waals surface area contributed by atoms with Crippen molar-refractivity contribution in [1.29, 1.82) is 0 Å². The molecule has 0 saturated carbocycles. The first kappa shape index (κ1) is 24.6. The van der Waals surface area contributed by atoms with Crippen molar-refractivity contribution in [3.63, 3.8) is 0 Å². The number of aliphatic hydroxyl groups is 1. The quantitative estimate of drug-likeness (QED) is 0.230. The van der Waals surface area contributed by atoms with Crippen LogP contribution in [0.15, 0.2) is 121 Å². The van der Waals surface area contributed by atoms with Crippen molar-refractivity contribution in [2.45, 2.75) is 19.4 Å². The molecule has 0 aliphatic carbocycles. The van der Waals surface area contributed by atoms with Crippen LogP contribution in [0.4, 0.5) is 0 Å². The summed E-state index contributed by atoms with van der Waals surface area (Å²) < 4.78 is 0. The molecule has 4 aromatic rings.